The average Bonchev–Trinajstić information content (AvgIpc) is 2.85. The molecule has 0 amide bonds. The van der Waals surface area contributed by atoms with E-state index < -0.39 is 0 Å². The van der Waals surface area contributed by atoms with Crippen LogP contribution in [0.15, 0.2) is 5.38 Å². The van der Waals surface area contributed by atoms with Crippen LogP contribution in [0, 0.1) is 6.92 Å². The van der Waals surface area contributed by atoms with Crippen molar-refractivity contribution in [2.24, 2.45) is 0 Å². The standard InChI is InChI=1S/C16H28N2OS/c1-4-17-15(11-14-12-20-13(3)18-14)16(19-5-2)9-7-6-8-10-16/h12,15,17H,4-11H2,1-3H3. The maximum absolute atomic E-state index is 6.28. The van der Waals surface area contributed by atoms with E-state index in [0.717, 1.165) is 24.6 Å². The minimum atomic E-state index is 0.0144. The topological polar surface area (TPSA) is 34.2 Å². The summed E-state index contributed by atoms with van der Waals surface area (Å²) in [5, 5.41) is 7.03. The van der Waals surface area contributed by atoms with Crippen LogP contribution >= 0.6 is 11.3 Å². The van der Waals surface area contributed by atoms with Gasteiger partial charge in [0.15, 0.2) is 0 Å². The molecular weight excluding hydrogens is 268 g/mol. The van der Waals surface area contributed by atoms with E-state index in [-0.39, 0.29) is 5.60 Å². The van der Waals surface area contributed by atoms with Crippen molar-refractivity contribution in [3.63, 3.8) is 0 Å². The Balaban J connectivity index is 2.14. The third kappa shape index (κ3) is 3.80. The van der Waals surface area contributed by atoms with E-state index in [4.69, 9.17) is 4.74 Å². The Labute approximate surface area is 127 Å². The lowest BCUT2D eigenvalue weighted by Gasteiger charge is -2.43. The van der Waals surface area contributed by atoms with Crippen molar-refractivity contribution >= 4 is 11.3 Å². The molecule has 0 radical (unpaired) electrons. The van der Waals surface area contributed by atoms with Crippen LogP contribution in [0.2, 0.25) is 0 Å². The monoisotopic (exact) mass is 296 g/mol. The molecule has 0 aliphatic heterocycles. The highest BCUT2D eigenvalue weighted by Crippen LogP contribution is 2.36. The molecule has 1 saturated carbocycles. The number of nitrogens with one attached hydrogen (secondary N) is 1. The van der Waals surface area contributed by atoms with E-state index in [1.54, 1.807) is 11.3 Å². The Hall–Kier alpha value is -0.450. The van der Waals surface area contributed by atoms with E-state index in [1.807, 2.05) is 0 Å². The first kappa shape index (κ1) is 15.9. The fourth-order valence-electron chi connectivity index (χ4n) is 3.43. The molecule has 0 aromatic carbocycles. The van der Waals surface area contributed by atoms with Crippen molar-refractivity contribution in [2.45, 2.75) is 70.9 Å². The maximum Gasteiger partial charge on any atom is 0.0897 e. The van der Waals surface area contributed by atoms with Gasteiger partial charge in [0.05, 0.1) is 16.3 Å². The summed E-state index contributed by atoms with van der Waals surface area (Å²) in [6.45, 7) is 8.17. The number of hydrogen-bond donors (Lipinski definition) is 1. The van der Waals surface area contributed by atoms with Crippen molar-refractivity contribution in [1.82, 2.24) is 10.3 Å². The first-order valence-electron chi connectivity index (χ1n) is 7.98. The number of likely N-dealkylation sites (N-methyl/N-ethyl adjacent to an activating group) is 1. The highest BCUT2D eigenvalue weighted by Gasteiger charge is 2.40. The molecule has 1 aliphatic rings. The molecule has 1 N–H and O–H groups in total. The molecule has 0 saturated heterocycles. The Bertz CT molecular complexity index is 393. The zero-order valence-corrected chi connectivity index (χ0v) is 13.9. The summed E-state index contributed by atoms with van der Waals surface area (Å²) in [7, 11) is 0. The summed E-state index contributed by atoms with van der Waals surface area (Å²) >= 11 is 1.74. The highest BCUT2D eigenvalue weighted by molar-refractivity contribution is 7.09. The van der Waals surface area contributed by atoms with Crippen LogP contribution in [0.4, 0.5) is 0 Å². The lowest BCUT2D eigenvalue weighted by Crippen LogP contribution is -2.54. The largest absolute Gasteiger partial charge is 0.374 e. The van der Waals surface area contributed by atoms with Gasteiger partial charge in [0.2, 0.25) is 0 Å². The van der Waals surface area contributed by atoms with Crippen LogP contribution < -0.4 is 5.32 Å². The van der Waals surface area contributed by atoms with Gasteiger partial charge in [-0.2, -0.15) is 0 Å². The Morgan fingerprint density at radius 2 is 2.10 bits per heavy atom. The van der Waals surface area contributed by atoms with Gasteiger partial charge in [-0.1, -0.05) is 26.2 Å². The van der Waals surface area contributed by atoms with Crippen LogP contribution in [-0.2, 0) is 11.2 Å². The van der Waals surface area contributed by atoms with Crippen molar-refractivity contribution in [2.75, 3.05) is 13.2 Å². The fourth-order valence-corrected chi connectivity index (χ4v) is 4.06. The SMILES string of the molecule is CCNC(Cc1csc(C)n1)C1(OCC)CCCCC1. The van der Waals surface area contributed by atoms with Gasteiger partial charge in [0.25, 0.3) is 0 Å². The molecule has 0 spiro atoms. The molecule has 3 nitrogen and oxygen atoms in total. The zero-order valence-electron chi connectivity index (χ0n) is 13.1. The lowest BCUT2D eigenvalue weighted by atomic mass is 9.77. The number of aryl methyl sites for hydroxylation is 1. The van der Waals surface area contributed by atoms with Crippen LogP contribution in [0.25, 0.3) is 0 Å². The molecule has 1 heterocycles. The van der Waals surface area contributed by atoms with Gasteiger partial charge >= 0.3 is 0 Å². The van der Waals surface area contributed by atoms with Crippen LogP contribution in [0.1, 0.15) is 56.7 Å². The Morgan fingerprint density at radius 1 is 1.35 bits per heavy atom. The van der Waals surface area contributed by atoms with Crippen molar-refractivity contribution in [1.29, 1.82) is 0 Å². The van der Waals surface area contributed by atoms with Crippen molar-refractivity contribution in [3.8, 4) is 0 Å². The van der Waals surface area contributed by atoms with Gasteiger partial charge in [-0.25, -0.2) is 4.98 Å². The van der Waals surface area contributed by atoms with Gasteiger partial charge < -0.3 is 10.1 Å². The molecule has 2 rings (SSSR count). The van der Waals surface area contributed by atoms with E-state index in [0.29, 0.717) is 6.04 Å². The first-order valence-corrected chi connectivity index (χ1v) is 8.86. The number of hydrogen-bond acceptors (Lipinski definition) is 4. The van der Waals surface area contributed by atoms with Gasteiger partial charge in [0, 0.05) is 24.4 Å². The third-order valence-electron chi connectivity index (χ3n) is 4.30. The molecule has 114 valence electrons. The van der Waals surface area contributed by atoms with Crippen LogP contribution in [0.3, 0.4) is 0 Å². The second-order valence-corrected chi connectivity index (χ2v) is 6.79. The summed E-state index contributed by atoms with van der Waals surface area (Å²) in [4.78, 5) is 4.64. The number of ether oxygens (including phenoxy) is 1. The van der Waals surface area contributed by atoms with Gasteiger partial charge in [-0.15, -0.1) is 11.3 Å². The number of thiazole rings is 1. The summed E-state index contributed by atoms with van der Waals surface area (Å²) in [5.74, 6) is 0. The Kier molecular flexibility index (Phi) is 6.00. The lowest BCUT2D eigenvalue weighted by molar-refractivity contribution is -0.0896. The highest BCUT2D eigenvalue weighted by atomic mass is 32.1. The molecule has 20 heavy (non-hydrogen) atoms. The number of aromatic nitrogens is 1. The normalized spacial score (nSPS) is 19.9. The summed E-state index contributed by atoms with van der Waals surface area (Å²) in [5.41, 5.74) is 1.23. The summed E-state index contributed by atoms with van der Waals surface area (Å²) in [6, 6.07) is 0.384. The molecule has 1 fully saturated rings. The van der Waals surface area contributed by atoms with E-state index in [1.165, 1.54) is 37.8 Å². The number of rotatable bonds is 7. The van der Waals surface area contributed by atoms with E-state index in [2.05, 4.69) is 36.5 Å². The molecule has 4 heteroatoms. The molecule has 1 aromatic rings. The van der Waals surface area contributed by atoms with E-state index >= 15 is 0 Å². The quantitative estimate of drug-likeness (QED) is 0.833. The summed E-state index contributed by atoms with van der Waals surface area (Å²) in [6.07, 6.45) is 7.28. The number of nitrogens with zero attached hydrogens (tertiary/aromatic N) is 1. The van der Waals surface area contributed by atoms with Crippen molar-refractivity contribution < 1.29 is 4.74 Å². The predicted molar refractivity (Wildman–Crippen MR) is 85.5 cm³/mol. The second-order valence-electron chi connectivity index (χ2n) is 5.73. The molecule has 1 atom stereocenters. The smallest absolute Gasteiger partial charge is 0.0897 e. The minimum absolute atomic E-state index is 0.0144. The minimum Gasteiger partial charge on any atom is -0.374 e. The van der Waals surface area contributed by atoms with Crippen molar-refractivity contribution in [3.05, 3.63) is 16.1 Å². The molecular formula is C16H28N2OS. The second kappa shape index (κ2) is 7.53. The molecule has 1 aromatic heterocycles. The first-order chi connectivity index (χ1) is 9.70. The van der Waals surface area contributed by atoms with Crippen LogP contribution in [0.5, 0.6) is 0 Å². The van der Waals surface area contributed by atoms with Crippen LogP contribution in [-0.4, -0.2) is 29.8 Å². The van der Waals surface area contributed by atoms with Gasteiger partial charge in [-0.3, -0.25) is 0 Å². The average molecular weight is 296 g/mol. The molecule has 1 unspecified atom stereocenters. The summed E-state index contributed by atoms with van der Waals surface area (Å²) < 4.78 is 6.28. The zero-order chi connectivity index (χ0) is 14.4. The molecule has 0 bridgehead atoms. The third-order valence-corrected chi connectivity index (χ3v) is 5.12. The molecule has 1 aliphatic carbocycles. The Morgan fingerprint density at radius 3 is 2.65 bits per heavy atom. The van der Waals surface area contributed by atoms with Gasteiger partial charge in [0.1, 0.15) is 0 Å². The van der Waals surface area contributed by atoms with E-state index in [9.17, 15) is 0 Å². The fraction of sp³-hybridized carbons (Fsp3) is 0.812. The van der Waals surface area contributed by atoms with Gasteiger partial charge in [-0.05, 0) is 33.2 Å². The maximum atomic E-state index is 6.28. The predicted octanol–water partition coefficient (Wildman–Crippen LogP) is 3.71.